The maximum absolute atomic E-state index is 13.2. The molecule has 2 aromatic heterocycles. The molecule has 2 N–H and O–H groups in total. The summed E-state index contributed by atoms with van der Waals surface area (Å²) in [5.41, 5.74) is 3.73. The van der Waals surface area contributed by atoms with E-state index < -0.39 is 15.1 Å². The van der Waals surface area contributed by atoms with Crippen molar-refractivity contribution in [3.63, 3.8) is 0 Å². The summed E-state index contributed by atoms with van der Waals surface area (Å²) in [6.45, 7) is 6.33. The molecule has 10 nitrogen and oxygen atoms in total. The molecule has 1 amide bonds. The van der Waals surface area contributed by atoms with Gasteiger partial charge in [0.1, 0.15) is 5.75 Å². The van der Waals surface area contributed by atoms with Crippen molar-refractivity contribution in [2.24, 2.45) is 0 Å². The van der Waals surface area contributed by atoms with Crippen LogP contribution in [0.15, 0.2) is 52.7 Å². The SMILES string of the molecule is COc1cc2c(cc1Nc1nc(Nc3ccccc3S(=O)(=O)C(C)C)c3sccc3n1)N(C(=O)CN1CCCC1)CC2. The Bertz CT molecular complexity index is 1750. The number of fused-ring (bicyclic) bond motifs is 2. The van der Waals surface area contributed by atoms with Crippen LogP contribution in [-0.2, 0) is 21.1 Å². The van der Waals surface area contributed by atoms with Gasteiger partial charge in [0.2, 0.25) is 11.9 Å². The number of hydrogen-bond acceptors (Lipinski definition) is 10. The number of hydrogen-bond donors (Lipinski definition) is 2. The van der Waals surface area contributed by atoms with Gasteiger partial charge in [0, 0.05) is 12.2 Å². The van der Waals surface area contributed by atoms with Crippen LogP contribution in [0.4, 0.5) is 28.8 Å². The number of ether oxygens (including phenoxy) is 1. The van der Waals surface area contributed by atoms with Crippen LogP contribution in [0.3, 0.4) is 0 Å². The van der Waals surface area contributed by atoms with E-state index in [2.05, 4.69) is 15.5 Å². The zero-order valence-corrected chi connectivity index (χ0v) is 25.5. The van der Waals surface area contributed by atoms with Gasteiger partial charge in [-0.1, -0.05) is 12.1 Å². The van der Waals surface area contributed by atoms with Crippen molar-refractivity contribution >= 4 is 66.1 Å². The number of benzene rings is 2. The quantitative estimate of drug-likeness (QED) is 0.260. The fourth-order valence-corrected chi connectivity index (χ4v) is 7.46. The first-order valence-electron chi connectivity index (χ1n) is 14.1. The number of aromatic nitrogens is 2. The molecule has 0 saturated carbocycles. The fraction of sp³-hybridized carbons (Fsp3) is 0.367. The van der Waals surface area contributed by atoms with Crippen LogP contribution in [0.25, 0.3) is 10.2 Å². The molecule has 1 fully saturated rings. The lowest BCUT2D eigenvalue weighted by Gasteiger charge is -2.22. The molecule has 2 aromatic carbocycles. The van der Waals surface area contributed by atoms with E-state index in [0.717, 1.165) is 48.3 Å². The second-order valence-electron chi connectivity index (χ2n) is 10.8. The van der Waals surface area contributed by atoms with Gasteiger partial charge < -0.3 is 20.3 Å². The molecule has 12 heteroatoms. The van der Waals surface area contributed by atoms with Gasteiger partial charge in [-0.3, -0.25) is 9.69 Å². The number of carbonyl (C=O) groups excluding carboxylic acids is 1. The van der Waals surface area contributed by atoms with Gasteiger partial charge in [-0.25, -0.2) is 13.4 Å². The van der Waals surface area contributed by atoms with Gasteiger partial charge in [-0.2, -0.15) is 4.98 Å². The first kappa shape index (κ1) is 28.4. The van der Waals surface area contributed by atoms with Gasteiger partial charge >= 0.3 is 0 Å². The Labute approximate surface area is 249 Å². The Kier molecular flexibility index (Phi) is 7.77. The molecule has 0 bridgehead atoms. The minimum atomic E-state index is -3.53. The van der Waals surface area contributed by atoms with Crippen molar-refractivity contribution in [3.8, 4) is 5.75 Å². The molecule has 0 unspecified atom stereocenters. The van der Waals surface area contributed by atoms with E-state index in [4.69, 9.17) is 14.7 Å². The number of thiophene rings is 1. The van der Waals surface area contributed by atoms with Gasteiger partial charge in [0.25, 0.3) is 0 Å². The first-order chi connectivity index (χ1) is 20.2. The van der Waals surface area contributed by atoms with Gasteiger partial charge in [0.05, 0.1) is 45.4 Å². The maximum atomic E-state index is 13.2. The van der Waals surface area contributed by atoms with E-state index in [1.807, 2.05) is 28.5 Å². The van der Waals surface area contributed by atoms with E-state index in [1.54, 1.807) is 45.2 Å². The third-order valence-corrected chi connectivity index (χ3v) is 10.9. The van der Waals surface area contributed by atoms with Crippen LogP contribution in [-0.4, -0.2) is 67.7 Å². The molecule has 6 rings (SSSR count). The lowest BCUT2D eigenvalue weighted by Crippen LogP contribution is -2.38. The van der Waals surface area contributed by atoms with Crippen LogP contribution < -0.4 is 20.3 Å². The van der Waals surface area contributed by atoms with Crippen LogP contribution in [0.1, 0.15) is 32.3 Å². The predicted octanol–water partition coefficient (Wildman–Crippen LogP) is 5.35. The topological polar surface area (TPSA) is 117 Å². The van der Waals surface area contributed by atoms with Crippen molar-refractivity contribution in [2.45, 2.75) is 43.3 Å². The third-order valence-electron chi connectivity index (χ3n) is 7.77. The highest BCUT2D eigenvalue weighted by Crippen LogP contribution is 2.39. The molecule has 0 atom stereocenters. The summed E-state index contributed by atoms with van der Waals surface area (Å²) < 4.78 is 32.7. The van der Waals surface area contributed by atoms with Crippen molar-refractivity contribution in [1.29, 1.82) is 0 Å². The molecule has 1 saturated heterocycles. The molecule has 0 radical (unpaired) electrons. The second kappa shape index (κ2) is 11.5. The summed E-state index contributed by atoms with van der Waals surface area (Å²) >= 11 is 1.47. The number of carbonyl (C=O) groups is 1. The molecule has 2 aliphatic rings. The van der Waals surface area contributed by atoms with Crippen molar-refractivity contribution in [2.75, 3.05) is 48.8 Å². The molecular formula is C30H34N6O4S2. The highest BCUT2D eigenvalue weighted by Gasteiger charge is 2.29. The van der Waals surface area contributed by atoms with Gasteiger partial charge in [-0.15, -0.1) is 11.3 Å². The summed E-state index contributed by atoms with van der Waals surface area (Å²) in [6, 6.07) is 12.6. The normalized spacial score (nSPS) is 15.4. The molecule has 2 aliphatic heterocycles. The molecule has 0 aliphatic carbocycles. The Morgan fingerprint density at radius 1 is 1.05 bits per heavy atom. The number of likely N-dealkylation sites (tertiary alicyclic amines) is 1. The number of rotatable bonds is 9. The Balaban J connectivity index is 1.33. The maximum Gasteiger partial charge on any atom is 0.241 e. The van der Waals surface area contributed by atoms with E-state index in [0.29, 0.717) is 47.5 Å². The standard InChI is InChI=1S/C30H34N6O4S2/c1-19(2)42(38,39)26-9-5-4-8-21(26)31-29-28-22(11-15-41-28)32-30(34-29)33-23-17-24-20(16-25(23)40-3)10-14-36(24)27(37)18-35-12-6-7-13-35/h4-5,8-9,11,15-17,19H,6-7,10,12-14,18H2,1-3H3,(H2,31,32,33,34). The zero-order chi connectivity index (χ0) is 29.4. The lowest BCUT2D eigenvalue weighted by molar-refractivity contribution is -0.119. The smallest absolute Gasteiger partial charge is 0.241 e. The summed E-state index contributed by atoms with van der Waals surface area (Å²) in [4.78, 5) is 27.0. The Hall–Kier alpha value is -3.74. The Morgan fingerprint density at radius 3 is 2.60 bits per heavy atom. The van der Waals surface area contributed by atoms with E-state index >= 15 is 0 Å². The average Bonchev–Trinajstić information content (AvgIpc) is 3.74. The van der Waals surface area contributed by atoms with Crippen LogP contribution >= 0.6 is 11.3 Å². The highest BCUT2D eigenvalue weighted by molar-refractivity contribution is 7.92. The first-order valence-corrected chi connectivity index (χ1v) is 16.5. The summed E-state index contributed by atoms with van der Waals surface area (Å²) in [5.74, 6) is 1.54. The fourth-order valence-electron chi connectivity index (χ4n) is 5.48. The Morgan fingerprint density at radius 2 is 1.83 bits per heavy atom. The number of methoxy groups -OCH3 is 1. The molecule has 0 spiro atoms. The predicted molar refractivity (Wildman–Crippen MR) is 167 cm³/mol. The highest BCUT2D eigenvalue weighted by atomic mass is 32.2. The molecule has 220 valence electrons. The molecule has 4 heterocycles. The number of anilines is 5. The minimum absolute atomic E-state index is 0.101. The van der Waals surface area contributed by atoms with Crippen LogP contribution in [0.5, 0.6) is 5.75 Å². The number of amides is 1. The van der Waals surface area contributed by atoms with E-state index in [1.165, 1.54) is 11.3 Å². The van der Waals surface area contributed by atoms with Crippen LogP contribution in [0, 0.1) is 0 Å². The molecule has 4 aromatic rings. The van der Waals surface area contributed by atoms with Gasteiger partial charge in [0.15, 0.2) is 15.7 Å². The largest absolute Gasteiger partial charge is 0.495 e. The summed E-state index contributed by atoms with van der Waals surface area (Å²) in [5, 5.41) is 7.93. The number of nitrogens with zero attached hydrogens (tertiary/aromatic N) is 4. The van der Waals surface area contributed by atoms with Crippen molar-refractivity contribution in [3.05, 3.63) is 53.4 Å². The second-order valence-corrected chi connectivity index (χ2v) is 14.2. The lowest BCUT2D eigenvalue weighted by atomic mass is 10.1. The minimum Gasteiger partial charge on any atom is -0.495 e. The zero-order valence-electron chi connectivity index (χ0n) is 23.9. The van der Waals surface area contributed by atoms with Gasteiger partial charge in [-0.05, 0) is 87.5 Å². The monoisotopic (exact) mass is 606 g/mol. The average molecular weight is 607 g/mol. The van der Waals surface area contributed by atoms with Crippen LogP contribution in [0.2, 0.25) is 0 Å². The number of sulfone groups is 1. The third kappa shape index (κ3) is 5.41. The van der Waals surface area contributed by atoms with Crippen molar-refractivity contribution < 1.29 is 17.9 Å². The van der Waals surface area contributed by atoms with E-state index in [-0.39, 0.29) is 10.8 Å². The molecular weight excluding hydrogens is 573 g/mol. The molecule has 42 heavy (non-hydrogen) atoms. The van der Waals surface area contributed by atoms with E-state index in [9.17, 15) is 13.2 Å². The summed E-state index contributed by atoms with van der Waals surface area (Å²) in [6.07, 6.45) is 3.04. The summed E-state index contributed by atoms with van der Waals surface area (Å²) in [7, 11) is -1.92. The number of nitrogens with one attached hydrogen (secondary N) is 2. The van der Waals surface area contributed by atoms with Crippen molar-refractivity contribution in [1.82, 2.24) is 14.9 Å². The number of para-hydroxylation sites is 1.